The van der Waals surface area contributed by atoms with Crippen LogP contribution in [-0.4, -0.2) is 29.3 Å². The van der Waals surface area contributed by atoms with Crippen LogP contribution in [-0.2, 0) is 8.85 Å². The molecule has 0 aliphatic heterocycles. The summed E-state index contributed by atoms with van der Waals surface area (Å²) >= 11 is 0. The van der Waals surface area contributed by atoms with Gasteiger partial charge in [0.15, 0.2) is 16.6 Å². The first-order chi connectivity index (χ1) is 18.1. The third-order valence-electron chi connectivity index (χ3n) is 14.0. The summed E-state index contributed by atoms with van der Waals surface area (Å²) in [6.07, 6.45) is 16.7. The third-order valence-corrected chi connectivity index (χ3v) is 16.0. The van der Waals surface area contributed by atoms with E-state index in [1.807, 2.05) is 5.57 Å². The van der Waals surface area contributed by atoms with Crippen molar-refractivity contribution in [2.45, 2.75) is 158 Å². The van der Waals surface area contributed by atoms with Crippen LogP contribution in [0.1, 0.15) is 113 Å². The lowest BCUT2D eigenvalue weighted by atomic mass is 9.33. The molecular formula is C36H66O2Si2. The summed E-state index contributed by atoms with van der Waals surface area (Å²) in [4.78, 5) is 0. The largest absolute Gasteiger partial charge is 0.417 e. The highest BCUT2D eigenvalue weighted by molar-refractivity contribution is 6.70. The molecule has 0 radical (unpaired) electrons. The fourth-order valence-corrected chi connectivity index (χ4v) is 13.6. The van der Waals surface area contributed by atoms with Crippen molar-refractivity contribution >= 4 is 16.6 Å². The van der Waals surface area contributed by atoms with Gasteiger partial charge in [0.25, 0.3) is 0 Å². The molecule has 0 aromatic carbocycles. The van der Waals surface area contributed by atoms with Gasteiger partial charge >= 0.3 is 0 Å². The monoisotopic (exact) mass is 586 g/mol. The summed E-state index contributed by atoms with van der Waals surface area (Å²) in [5.41, 5.74) is 4.04. The van der Waals surface area contributed by atoms with E-state index >= 15 is 0 Å². The SMILES string of the molecule is CC1(C)CC[C@]2(CO[Si](C)(C)C)CC[C@]3(C)C(=CC[C@@H]4[C@@]5(C)CC[C@H](O[Si](C)(C)C)C(C)(C)[C@@H]5CC[C@]43C)[C@@H]2C1. The molecule has 0 aromatic heterocycles. The van der Waals surface area contributed by atoms with Crippen LogP contribution in [0, 0.1) is 50.2 Å². The summed E-state index contributed by atoms with van der Waals surface area (Å²) in [6.45, 7) is 33.8. The van der Waals surface area contributed by atoms with Crippen molar-refractivity contribution in [3.05, 3.63) is 11.6 Å². The van der Waals surface area contributed by atoms with Crippen molar-refractivity contribution in [3.63, 3.8) is 0 Å². The van der Waals surface area contributed by atoms with E-state index in [9.17, 15) is 0 Å². The van der Waals surface area contributed by atoms with Crippen LogP contribution in [0.25, 0.3) is 0 Å². The first kappa shape index (κ1) is 31.5. The van der Waals surface area contributed by atoms with E-state index in [-0.39, 0.29) is 5.41 Å². The molecule has 2 nitrogen and oxygen atoms in total. The van der Waals surface area contributed by atoms with E-state index in [4.69, 9.17) is 8.85 Å². The summed E-state index contributed by atoms with van der Waals surface area (Å²) in [6, 6.07) is 0. The van der Waals surface area contributed by atoms with Gasteiger partial charge in [-0.3, -0.25) is 0 Å². The Balaban J connectivity index is 1.51. The van der Waals surface area contributed by atoms with Crippen LogP contribution >= 0.6 is 0 Å². The third kappa shape index (κ3) is 4.93. The van der Waals surface area contributed by atoms with Gasteiger partial charge in [-0.25, -0.2) is 0 Å². The lowest BCUT2D eigenvalue weighted by Gasteiger charge is -2.71. The van der Waals surface area contributed by atoms with E-state index in [0.29, 0.717) is 39.1 Å². The van der Waals surface area contributed by atoms with Gasteiger partial charge in [-0.1, -0.05) is 60.1 Å². The average molecular weight is 587 g/mol. The molecule has 230 valence electrons. The number of rotatable bonds is 5. The Labute approximate surface area is 251 Å². The smallest absolute Gasteiger partial charge is 0.184 e. The minimum absolute atomic E-state index is 0.253. The van der Waals surface area contributed by atoms with Crippen LogP contribution in [0.15, 0.2) is 11.6 Å². The molecule has 40 heavy (non-hydrogen) atoms. The van der Waals surface area contributed by atoms with Gasteiger partial charge in [0, 0.05) is 6.61 Å². The van der Waals surface area contributed by atoms with Crippen LogP contribution in [0.2, 0.25) is 39.3 Å². The van der Waals surface area contributed by atoms with Crippen molar-refractivity contribution in [1.82, 2.24) is 0 Å². The zero-order valence-electron chi connectivity index (χ0n) is 29.0. The van der Waals surface area contributed by atoms with E-state index in [1.54, 1.807) is 0 Å². The van der Waals surface area contributed by atoms with Crippen LogP contribution in [0.5, 0.6) is 0 Å². The molecule has 5 rings (SSSR count). The maximum absolute atomic E-state index is 6.91. The van der Waals surface area contributed by atoms with Gasteiger partial charge in [0.2, 0.25) is 0 Å². The highest BCUT2D eigenvalue weighted by atomic mass is 28.4. The Kier molecular flexibility index (Phi) is 7.52. The van der Waals surface area contributed by atoms with Crippen molar-refractivity contribution in [3.8, 4) is 0 Å². The quantitative estimate of drug-likeness (QED) is 0.236. The lowest BCUT2D eigenvalue weighted by Crippen LogP contribution is -2.65. The normalized spacial score (nSPS) is 46.4. The summed E-state index contributed by atoms with van der Waals surface area (Å²) in [5, 5.41) is 0. The van der Waals surface area contributed by atoms with E-state index in [2.05, 4.69) is 93.8 Å². The molecule has 0 saturated heterocycles. The molecule has 4 heteroatoms. The van der Waals surface area contributed by atoms with E-state index in [1.165, 1.54) is 64.2 Å². The molecule has 0 bridgehead atoms. The Bertz CT molecular complexity index is 1020. The van der Waals surface area contributed by atoms with Gasteiger partial charge < -0.3 is 8.85 Å². The van der Waals surface area contributed by atoms with Crippen LogP contribution in [0.3, 0.4) is 0 Å². The minimum Gasteiger partial charge on any atom is -0.417 e. The van der Waals surface area contributed by atoms with Gasteiger partial charge in [-0.2, -0.15) is 0 Å². The highest BCUT2D eigenvalue weighted by Crippen LogP contribution is 2.76. The standard InChI is InChI=1S/C36H66O2Si2/c1-31(2)20-22-36(25-37-39(8,9)10)23-21-34(6)26(27(36)24-31)14-15-29-33(5)18-17-30(38-40(11,12)13)32(3,4)28(33)16-19-35(29,34)7/h14,27-30H,15-25H2,1-13H3/t27-,28-,29+,30-,33-,34+,35+,36+/m0/s1. The molecule has 0 unspecified atom stereocenters. The summed E-state index contributed by atoms with van der Waals surface area (Å²) in [5.74, 6) is 2.24. The zero-order valence-corrected chi connectivity index (χ0v) is 31.0. The minimum atomic E-state index is -1.57. The molecule has 4 fully saturated rings. The Morgan fingerprint density at radius 1 is 0.750 bits per heavy atom. The van der Waals surface area contributed by atoms with Crippen LogP contribution < -0.4 is 0 Å². The van der Waals surface area contributed by atoms with Crippen molar-refractivity contribution in [1.29, 1.82) is 0 Å². The molecule has 0 heterocycles. The second kappa shape index (κ2) is 9.55. The van der Waals surface area contributed by atoms with Gasteiger partial charge in [-0.15, -0.1) is 0 Å². The Hall–Kier alpha value is 0.0938. The second-order valence-corrected chi connectivity index (χ2v) is 28.5. The molecular weight excluding hydrogens is 521 g/mol. The van der Waals surface area contributed by atoms with E-state index in [0.717, 1.165) is 18.4 Å². The number of fused-ring (bicyclic) bond motifs is 7. The number of hydrogen-bond donors (Lipinski definition) is 0. The molecule has 0 N–H and O–H groups in total. The number of hydrogen-bond acceptors (Lipinski definition) is 2. The predicted molar refractivity (Wildman–Crippen MR) is 177 cm³/mol. The Morgan fingerprint density at radius 2 is 1.40 bits per heavy atom. The van der Waals surface area contributed by atoms with Crippen molar-refractivity contribution in [2.24, 2.45) is 50.2 Å². The van der Waals surface area contributed by atoms with E-state index < -0.39 is 16.6 Å². The average Bonchev–Trinajstić information content (AvgIpc) is 2.79. The molecule has 0 spiro atoms. The first-order valence-electron chi connectivity index (χ1n) is 17.1. The lowest BCUT2D eigenvalue weighted by molar-refractivity contribution is -0.201. The Morgan fingerprint density at radius 3 is 2.02 bits per heavy atom. The molecule has 5 aliphatic carbocycles. The molecule has 8 atom stereocenters. The van der Waals surface area contributed by atoms with Crippen molar-refractivity contribution < 1.29 is 8.85 Å². The summed E-state index contributed by atoms with van der Waals surface area (Å²) in [7, 11) is -3.13. The topological polar surface area (TPSA) is 18.5 Å². The molecule has 4 saturated carbocycles. The first-order valence-corrected chi connectivity index (χ1v) is 23.9. The maximum atomic E-state index is 6.91. The summed E-state index contributed by atoms with van der Waals surface area (Å²) < 4.78 is 13.7. The van der Waals surface area contributed by atoms with Gasteiger partial charge in [0.1, 0.15) is 0 Å². The van der Waals surface area contributed by atoms with Gasteiger partial charge in [0.05, 0.1) is 6.10 Å². The second-order valence-electron chi connectivity index (χ2n) is 19.6. The fourth-order valence-electron chi connectivity index (χ4n) is 11.6. The van der Waals surface area contributed by atoms with Crippen LogP contribution in [0.4, 0.5) is 0 Å². The maximum Gasteiger partial charge on any atom is 0.184 e. The highest BCUT2D eigenvalue weighted by Gasteiger charge is 2.68. The molecule has 5 aliphatic rings. The predicted octanol–water partition coefficient (Wildman–Crippen LogP) is 10.9. The van der Waals surface area contributed by atoms with Crippen molar-refractivity contribution in [2.75, 3.05) is 6.61 Å². The fraction of sp³-hybridized carbons (Fsp3) is 0.944. The molecule has 0 aromatic rings. The molecule has 0 amide bonds. The van der Waals surface area contributed by atoms with Gasteiger partial charge in [-0.05, 0) is 154 Å². The number of allylic oxidation sites excluding steroid dienone is 2. The zero-order chi connectivity index (χ0) is 29.8.